The number of carboxylic acid groups (broad SMARTS) is 1. The standard InChI is InChI=1S/C23H34N4O8/c1-6-23(4)19(22(34)25-10-15(29)30)27-20(32)16(11(2)3)26-21(33)17(24-5)18(31)12-7-8-13(28)14(9-12)35-23/h7-9,11,16-19,24,28,31H,6,10H2,1-5H3,(H,25,34)(H,26,33)(H,27,32)(H,29,30)/t16-,17+,18+,19+,23+/m0/s1. The number of phenolic OH excluding ortho intramolecular Hbond substituents is 1. The summed E-state index contributed by atoms with van der Waals surface area (Å²) in [5.74, 6) is -4.25. The third-order valence-electron chi connectivity index (χ3n) is 6.10. The van der Waals surface area contributed by atoms with Crippen molar-refractivity contribution in [2.45, 2.75) is 63.9 Å². The van der Waals surface area contributed by atoms with Gasteiger partial charge >= 0.3 is 5.97 Å². The Bertz CT molecular complexity index is 969. The first kappa shape index (κ1) is 27.9. The fourth-order valence-corrected chi connectivity index (χ4v) is 3.78. The minimum Gasteiger partial charge on any atom is -0.504 e. The highest BCUT2D eigenvalue weighted by Gasteiger charge is 2.44. The number of aliphatic hydroxyl groups excluding tert-OH is 1. The number of carbonyl (C=O) groups is 4. The van der Waals surface area contributed by atoms with E-state index >= 15 is 0 Å². The van der Waals surface area contributed by atoms with Gasteiger partial charge in [0.15, 0.2) is 11.5 Å². The lowest BCUT2D eigenvalue weighted by molar-refractivity contribution is -0.141. The second-order valence-electron chi connectivity index (χ2n) is 8.99. The zero-order valence-corrected chi connectivity index (χ0v) is 20.4. The molecule has 7 N–H and O–H groups in total. The normalized spacial score (nSPS) is 27.4. The summed E-state index contributed by atoms with van der Waals surface area (Å²) < 4.78 is 6.05. The number of phenols is 1. The third-order valence-corrected chi connectivity index (χ3v) is 6.10. The second kappa shape index (κ2) is 11.4. The summed E-state index contributed by atoms with van der Waals surface area (Å²) >= 11 is 0. The summed E-state index contributed by atoms with van der Waals surface area (Å²) in [5, 5.41) is 40.5. The van der Waals surface area contributed by atoms with Crippen molar-refractivity contribution in [1.82, 2.24) is 21.3 Å². The van der Waals surface area contributed by atoms with Crippen molar-refractivity contribution >= 4 is 23.7 Å². The minimum atomic E-state index is -1.46. The number of carboxylic acids is 1. The molecular formula is C23H34N4O8. The fourth-order valence-electron chi connectivity index (χ4n) is 3.78. The first-order chi connectivity index (χ1) is 16.3. The smallest absolute Gasteiger partial charge is 0.322 e. The molecule has 0 spiro atoms. The van der Waals surface area contributed by atoms with Crippen LogP contribution in [-0.4, -0.2) is 76.3 Å². The van der Waals surface area contributed by atoms with E-state index in [-0.39, 0.29) is 23.5 Å². The second-order valence-corrected chi connectivity index (χ2v) is 8.99. The molecule has 1 aromatic carbocycles. The fraction of sp³-hybridized carbons (Fsp3) is 0.565. The van der Waals surface area contributed by atoms with Gasteiger partial charge in [-0.15, -0.1) is 0 Å². The van der Waals surface area contributed by atoms with Gasteiger partial charge in [-0.05, 0) is 44.0 Å². The third kappa shape index (κ3) is 6.40. The van der Waals surface area contributed by atoms with Crippen LogP contribution < -0.4 is 26.0 Å². The first-order valence-corrected chi connectivity index (χ1v) is 11.3. The number of rotatable bonds is 6. The van der Waals surface area contributed by atoms with Crippen LogP contribution >= 0.6 is 0 Å². The maximum absolute atomic E-state index is 13.3. The number of aromatic hydroxyl groups is 1. The minimum absolute atomic E-state index is 0.0916. The number of nitrogens with one attached hydrogen (secondary N) is 4. The van der Waals surface area contributed by atoms with E-state index in [0.717, 1.165) is 0 Å². The summed E-state index contributed by atoms with van der Waals surface area (Å²) in [4.78, 5) is 50.4. The van der Waals surface area contributed by atoms with Crippen LogP contribution in [0.4, 0.5) is 0 Å². The molecular weight excluding hydrogens is 460 g/mol. The number of ether oxygens (including phenoxy) is 1. The zero-order chi connectivity index (χ0) is 26.5. The quantitative estimate of drug-likeness (QED) is 0.271. The SMILES string of the molecule is CC[C@@]1(C)Oc2cc(ccc2O)[C@@H](O)[C@@H](NC)C(=O)N[C@@H](C(C)C)C(=O)N[C@@H]1C(=O)NCC(=O)O. The first-order valence-electron chi connectivity index (χ1n) is 11.3. The van der Waals surface area contributed by atoms with Gasteiger partial charge < -0.3 is 41.3 Å². The molecule has 3 amide bonds. The topological polar surface area (TPSA) is 186 Å². The number of fused-ring (bicyclic) bond motifs is 2. The molecule has 1 aromatic rings. The Hall–Kier alpha value is -3.38. The Balaban J connectivity index is 2.67. The molecule has 35 heavy (non-hydrogen) atoms. The van der Waals surface area contributed by atoms with Crippen LogP contribution in [0.3, 0.4) is 0 Å². The van der Waals surface area contributed by atoms with Gasteiger partial charge in [0, 0.05) is 0 Å². The molecule has 2 bridgehead atoms. The summed E-state index contributed by atoms with van der Waals surface area (Å²) in [6.07, 6.45) is -1.20. The number of hydrogen-bond acceptors (Lipinski definition) is 8. The zero-order valence-electron chi connectivity index (χ0n) is 20.4. The van der Waals surface area contributed by atoms with Gasteiger partial charge in [0.2, 0.25) is 17.7 Å². The van der Waals surface area contributed by atoms with Crippen molar-refractivity contribution in [3.8, 4) is 11.5 Å². The Morgan fingerprint density at radius 2 is 1.86 bits per heavy atom. The van der Waals surface area contributed by atoms with Crippen LogP contribution in [0.15, 0.2) is 18.2 Å². The number of aliphatic hydroxyl groups is 1. The Kier molecular flexibility index (Phi) is 9.05. The lowest BCUT2D eigenvalue weighted by Gasteiger charge is -2.37. The van der Waals surface area contributed by atoms with Crippen molar-refractivity contribution in [3.05, 3.63) is 23.8 Å². The van der Waals surface area contributed by atoms with E-state index in [9.17, 15) is 29.4 Å². The molecule has 0 saturated heterocycles. The maximum atomic E-state index is 13.3. The summed E-state index contributed by atoms with van der Waals surface area (Å²) in [7, 11) is 1.48. The molecule has 5 atom stereocenters. The highest BCUT2D eigenvalue weighted by Crippen LogP contribution is 2.35. The van der Waals surface area contributed by atoms with Gasteiger partial charge in [-0.1, -0.05) is 26.8 Å². The molecule has 0 saturated carbocycles. The largest absolute Gasteiger partial charge is 0.504 e. The monoisotopic (exact) mass is 494 g/mol. The Morgan fingerprint density at radius 3 is 2.40 bits per heavy atom. The molecule has 1 aliphatic rings. The Morgan fingerprint density at radius 1 is 1.20 bits per heavy atom. The number of hydrogen-bond donors (Lipinski definition) is 7. The number of amides is 3. The number of aliphatic carboxylic acids is 1. The maximum Gasteiger partial charge on any atom is 0.322 e. The molecule has 0 aliphatic carbocycles. The van der Waals surface area contributed by atoms with Crippen molar-refractivity contribution in [3.63, 3.8) is 0 Å². The molecule has 12 heteroatoms. The van der Waals surface area contributed by atoms with E-state index in [2.05, 4.69) is 21.3 Å². The van der Waals surface area contributed by atoms with Gasteiger partial charge in [0.1, 0.15) is 36.4 Å². The van der Waals surface area contributed by atoms with Gasteiger partial charge in [-0.3, -0.25) is 19.2 Å². The molecule has 0 fully saturated rings. The van der Waals surface area contributed by atoms with Crippen molar-refractivity contribution in [1.29, 1.82) is 0 Å². The van der Waals surface area contributed by atoms with Crippen molar-refractivity contribution in [2.75, 3.05) is 13.6 Å². The lowest BCUT2D eigenvalue weighted by atomic mass is 9.91. The van der Waals surface area contributed by atoms with E-state index in [1.54, 1.807) is 20.8 Å². The van der Waals surface area contributed by atoms with E-state index < -0.39 is 66.0 Å². The van der Waals surface area contributed by atoms with E-state index in [0.29, 0.717) is 0 Å². The van der Waals surface area contributed by atoms with E-state index in [1.165, 1.54) is 32.2 Å². The van der Waals surface area contributed by atoms with Crippen LogP contribution in [-0.2, 0) is 19.2 Å². The van der Waals surface area contributed by atoms with Gasteiger partial charge in [0.05, 0.1) is 0 Å². The van der Waals surface area contributed by atoms with Gasteiger partial charge in [0.25, 0.3) is 0 Å². The molecule has 0 unspecified atom stereocenters. The highest BCUT2D eigenvalue weighted by atomic mass is 16.5. The molecule has 1 aliphatic heterocycles. The number of likely N-dealkylation sites (N-methyl/N-ethyl adjacent to an activating group) is 1. The van der Waals surface area contributed by atoms with Gasteiger partial charge in [-0.2, -0.15) is 0 Å². The van der Waals surface area contributed by atoms with Crippen LogP contribution in [0.5, 0.6) is 11.5 Å². The molecule has 0 aromatic heterocycles. The molecule has 194 valence electrons. The summed E-state index contributed by atoms with van der Waals surface area (Å²) in [6.45, 7) is 5.93. The molecule has 1 heterocycles. The van der Waals surface area contributed by atoms with Crippen LogP contribution in [0, 0.1) is 5.92 Å². The molecule has 0 radical (unpaired) electrons. The van der Waals surface area contributed by atoms with Crippen molar-refractivity contribution < 1.29 is 39.2 Å². The van der Waals surface area contributed by atoms with E-state index in [1.807, 2.05) is 0 Å². The van der Waals surface area contributed by atoms with E-state index in [4.69, 9.17) is 9.84 Å². The average molecular weight is 495 g/mol. The predicted molar refractivity (Wildman–Crippen MR) is 125 cm³/mol. The molecule has 2 rings (SSSR count). The van der Waals surface area contributed by atoms with Gasteiger partial charge in [-0.25, -0.2) is 0 Å². The van der Waals surface area contributed by atoms with Crippen LogP contribution in [0.1, 0.15) is 45.8 Å². The summed E-state index contributed by atoms with van der Waals surface area (Å²) in [6, 6.07) is 0.425. The number of benzene rings is 1. The highest BCUT2D eigenvalue weighted by molar-refractivity contribution is 5.94. The van der Waals surface area contributed by atoms with Crippen molar-refractivity contribution in [2.24, 2.45) is 5.92 Å². The molecule has 12 nitrogen and oxygen atoms in total. The van der Waals surface area contributed by atoms with Crippen LogP contribution in [0.25, 0.3) is 0 Å². The summed E-state index contributed by atoms with van der Waals surface area (Å²) in [5.41, 5.74) is -1.21. The number of carbonyl (C=O) groups excluding carboxylic acids is 3. The Labute approximate surface area is 203 Å². The average Bonchev–Trinajstić information content (AvgIpc) is 2.80. The van der Waals surface area contributed by atoms with Crippen LogP contribution in [0.2, 0.25) is 0 Å². The predicted octanol–water partition coefficient (Wildman–Crippen LogP) is -0.599. The lowest BCUT2D eigenvalue weighted by Crippen LogP contribution is -2.65.